The summed E-state index contributed by atoms with van der Waals surface area (Å²) in [4.78, 5) is 28.2. The number of esters is 1. The number of rotatable bonds is 5. The molecule has 20 heavy (non-hydrogen) atoms. The van der Waals surface area contributed by atoms with Gasteiger partial charge in [0.05, 0.1) is 0 Å². The molecule has 0 saturated heterocycles. The summed E-state index contributed by atoms with van der Waals surface area (Å²) in [5.41, 5.74) is -0.133. The van der Waals surface area contributed by atoms with E-state index in [0.717, 1.165) is 5.56 Å². The van der Waals surface area contributed by atoms with Crippen LogP contribution in [0.1, 0.15) is 33.3 Å². The van der Waals surface area contributed by atoms with Gasteiger partial charge in [-0.2, -0.15) is 0 Å². The molecule has 108 valence electrons. The molecule has 0 aliphatic rings. The molecular weight excluding hydrogens is 258 g/mol. The predicted molar refractivity (Wildman–Crippen MR) is 75.2 cm³/mol. The first-order valence-electron chi connectivity index (χ1n) is 6.28. The molecule has 0 aliphatic heterocycles. The summed E-state index contributed by atoms with van der Waals surface area (Å²) < 4.78 is 5.09. The van der Waals surface area contributed by atoms with Gasteiger partial charge in [0.1, 0.15) is 12.2 Å². The van der Waals surface area contributed by atoms with Crippen molar-refractivity contribution in [3.63, 3.8) is 0 Å². The minimum atomic E-state index is -0.780. The van der Waals surface area contributed by atoms with Crippen molar-refractivity contribution in [3.8, 4) is 0 Å². The van der Waals surface area contributed by atoms with E-state index in [2.05, 4.69) is 5.16 Å². The third-order valence-electron chi connectivity index (χ3n) is 2.16. The van der Waals surface area contributed by atoms with E-state index in [1.807, 2.05) is 30.3 Å². The Bertz CT molecular complexity index is 500. The summed E-state index contributed by atoms with van der Waals surface area (Å²) in [5.74, 6) is -1.27. The molecule has 0 fully saturated rings. The van der Waals surface area contributed by atoms with Crippen molar-refractivity contribution in [2.45, 2.75) is 39.9 Å². The predicted octanol–water partition coefficient (Wildman–Crippen LogP) is 2.49. The van der Waals surface area contributed by atoms with Crippen LogP contribution in [0, 0.1) is 0 Å². The molecule has 0 heterocycles. The summed E-state index contributed by atoms with van der Waals surface area (Å²) in [6.07, 6.45) is 0. The normalized spacial score (nSPS) is 11.9. The van der Waals surface area contributed by atoms with Crippen LogP contribution in [0.25, 0.3) is 0 Å². The molecule has 1 aromatic carbocycles. The Morgan fingerprint density at radius 2 is 1.75 bits per heavy atom. The van der Waals surface area contributed by atoms with Crippen molar-refractivity contribution in [2.24, 2.45) is 5.16 Å². The van der Waals surface area contributed by atoms with Crippen molar-refractivity contribution in [1.82, 2.24) is 0 Å². The van der Waals surface area contributed by atoms with E-state index in [1.165, 1.54) is 6.92 Å². The number of hydrogen-bond donors (Lipinski definition) is 0. The third kappa shape index (κ3) is 5.65. The maximum absolute atomic E-state index is 11.8. The summed E-state index contributed by atoms with van der Waals surface area (Å²) in [5, 5.41) is 3.60. The van der Waals surface area contributed by atoms with Gasteiger partial charge in [0.15, 0.2) is 5.78 Å². The lowest BCUT2D eigenvalue weighted by atomic mass is 10.2. The van der Waals surface area contributed by atoms with Crippen molar-refractivity contribution >= 4 is 17.5 Å². The van der Waals surface area contributed by atoms with Gasteiger partial charge in [0.25, 0.3) is 0 Å². The number of oxime groups is 1. The fourth-order valence-electron chi connectivity index (χ4n) is 1.32. The van der Waals surface area contributed by atoms with E-state index in [9.17, 15) is 9.59 Å². The zero-order valence-electron chi connectivity index (χ0n) is 12.2. The monoisotopic (exact) mass is 277 g/mol. The van der Waals surface area contributed by atoms with Gasteiger partial charge in [-0.3, -0.25) is 4.79 Å². The molecule has 1 rings (SSSR count). The highest BCUT2D eigenvalue weighted by molar-refractivity contribution is 6.63. The minimum absolute atomic E-state index is 0.181. The highest BCUT2D eigenvalue weighted by atomic mass is 16.6. The van der Waals surface area contributed by atoms with Crippen LogP contribution in [-0.4, -0.2) is 23.1 Å². The number of nitrogens with zero attached hydrogens (tertiary/aromatic N) is 1. The van der Waals surface area contributed by atoms with Gasteiger partial charge in [-0.1, -0.05) is 35.5 Å². The fourth-order valence-corrected chi connectivity index (χ4v) is 1.32. The van der Waals surface area contributed by atoms with Gasteiger partial charge in [-0.15, -0.1) is 0 Å². The van der Waals surface area contributed by atoms with Crippen molar-refractivity contribution < 1.29 is 19.2 Å². The zero-order valence-corrected chi connectivity index (χ0v) is 12.2. The number of Topliss-reactive ketones (excluding diaryl/α,β-unsaturated/α-hetero) is 1. The third-order valence-corrected chi connectivity index (χ3v) is 2.16. The van der Waals surface area contributed by atoms with E-state index < -0.39 is 17.4 Å². The van der Waals surface area contributed by atoms with Gasteiger partial charge in [0.2, 0.25) is 5.71 Å². The SMILES string of the molecule is CC(=O)C(=NOCc1ccccc1)C(=O)OC(C)(C)C. The summed E-state index contributed by atoms with van der Waals surface area (Å²) in [7, 11) is 0. The lowest BCUT2D eigenvalue weighted by Crippen LogP contribution is -2.32. The average Bonchev–Trinajstić information content (AvgIpc) is 2.33. The Balaban J connectivity index is 2.69. The highest BCUT2D eigenvalue weighted by Crippen LogP contribution is 2.08. The van der Waals surface area contributed by atoms with Crippen molar-refractivity contribution in [3.05, 3.63) is 35.9 Å². The first-order chi connectivity index (χ1) is 9.29. The molecule has 0 radical (unpaired) electrons. The Labute approximate surface area is 118 Å². The topological polar surface area (TPSA) is 65.0 Å². The second-order valence-corrected chi connectivity index (χ2v) is 5.26. The Kier molecular flexibility index (Phi) is 5.43. The van der Waals surface area contributed by atoms with E-state index >= 15 is 0 Å². The van der Waals surface area contributed by atoms with Crippen LogP contribution in [0.5, 0.6) is 0 Å². The Morgan fingerprint density at radius 3 is 2.25 bits per heavy atom. The van der Waals surface area contributed by atoms with Crippen LogP contribution >= 0.6 is 0 Å². The number of carbonyl (C=O) groups excluding carboxylic acids is 2. The molecule has 0 saturated carbocycles. The van der Waals surface area contributed by atoms with Crippen LogP contribution in [0.15, 0.2) is 35.5 Å². The van der Waals surface area contributed by atoms with Crippen molar-refractivity contribution in [2.75, 3.05) is 0 Å². The molecule has 0 atom stereocenters. The number of ether oxygens (including phenoxy) is 1. The van der Waals surface area contributed by atoms with Crippen LogP contribution in [-0.2, 0) is 25.8 Å². The van der Waals surface area contributed by atoms with E-state index in [4.69, 9.17) is 9.57 Å². The summed E-state index contributed by atoms with van der Waals surface area (Å²) in [6.45, 7) is 6.57. The van der Waals surface area contributed by atoms with E-state index in [0.29, 0.717) is 0 Å². The number of ketones is 1. The summed E-state index contributed by atoms with van der Waals surface area (Å²) >= 11 is 0. The van der Waals surface area contributed by atoms with Crippen molar-refractivity contribution in [1.29, 1.82) is 0 Å². The zero-order chi connectivity index (χ0) is 15.2. The molecule has 5 nitrogen and oxygen atoms in total. The second-order valence-electron chi connectivity index (χ2n) is 5.26. The quantitative estimate of drug-likeness (QED) is 0.359. The molecule has 0 N–H and O–H groups in total. The Morgan fingerprint density at radius 1 is 1.15 bits per heavy atom. The molecule has 0 unspecified atom stereocenters. The Hall–Kier alpha value is -2.17. The maximum Gasteiger partial charge on any atom is 0.364 e. The van der Waals surface area contributed by atoms with Gasteiger partial charge < -0.3 is 9.57 Å². The van der Waals surface area contributed by atoms with E-state index in [1.54, 1.807) is 20.8 Å². The van der Waals surface area contributed by atoms with Crippen LogP contribution in [0.2, 0.25) is 0 Å². The molecule has 0 bridgehead atoms. The maximum atomic E-state index is 11.8. The fraction of sp³-hybridized carbons (Fsp3) is 0.400. The summed E-state index contributed by atoms with van der Waals surface area (Å²) in [6, 6.07) is 9.33. The highest BCUT2D eigenvalue weighted by Gasteiger charge is 2.25. The molecule has 0 aliphatic carbocycles. The number of hydrogen-bond acceptors (Lipinski definition) is 5. The van der Waals surface area contributed by atoms with Crippen LogP contribution in [0.4, 0.5) is 0 Å². The standard InChI is InChI=1S/C15H19NO4/c1-11(17)13(14(18)20-15(2,3)4)16-19-10-12-8-6-5-7-9-12/h5-9H,10H2,1-4H3. The van der Waals surface area contributed by atoms with Gasteiger partial charge in [-0.05, 0) is 26.3 Å². The smallest absolute Gasteiger partial charge is 0.364 e. The lowest BCUT2D eigenvalue weighted by molar-refractivity contribution is -0.146. The van der Waals surface area contributed by atoms with Gasteiger partial charge >= 0.3 is 5.97 Å². The molecular formula is C15H19NO4. The molecule has 1 aromatic rings. The van der Waals surface area contributed by atoms with Gasteiger partial charge in [0, 0.05) is 6.92 Å². The molecule has 0 amide bonds. The minimum Gasteiger partial charge on any atom is -0.455 e. The average molecular weight is 277 g/mol. The lowest BCUT2D eigenvalue weighted by Gasteiger charge is -2.19. The van der Waals surface area contributed by atoms with E-state index in [-0.39, 0.29) is 12.3 Å². The second kappa shape index (κ2) is 6.84. The molecule has 0 spiro atoms. The first kappa shape index (κ1) is 15.9. The molecule has 5 heteroatoms. The van der Waals surface area contributed by atoms with Gasteiger partial charge in [-0.25, -0.2) is 4.79 Å². The largest absolute Gasteiger partial charge is 0.455 e. The first-order valence-corrected chi connectivity index (χ1v) is 6.28. The number of carbonyl (C=O) groups is 2. The number of benzene rings is 1. The molecule has 0 aromatic heterocycles. The van der Waals surface area contributed by atoms with Crippen LogP contribution < -0.4 is 0 Å². The van der Waals surface area contributed by atoms with Crippen LogP contribution in [0.3, 0.4) is 0 Å².